The number of hydrogen-bond acceptors (Lipinski definition) is 4. The highest BCUT2D eigenvalue weighted by atomic mass is 16.5. The van der Waals surface area contributed by atoms with Crippen molar-refractivity contribution < 1.29 is 9.47 Å². The van der Waals surface area contributed by atoms with Crippen LogP contribution in [0.3, 0.4) is 0 Å². The van der Waals surface area contributed by atoms with Crippen molar-refractivity contribution in [2.75, 3.05) is 20.8 Å². The Hall–Kier alpha value is -1.81. The molecule has 0 unspecified atom stereocenters. The number of hydrogen-bond donors (Lipinski definition) is 1. The Balaban J connectivity index is 2.21. The molecule has 0 spiro atoms. The van der Waals surface area contributed by atoms with Crippen molar-refractivity contribution in [3.8, 4) is 11.5 Å². The molecule has 1 aliphatic rings. The van der Waals surface area contributed by atoms with E-state index < -0.39 is 0 Å². The molecular formula is C14H16N2O2. The van der Waals surface area contributed by atoms with Gasteiger partial charge in [-0.3, -0.25) is 4.98 Å². The Bertz CT molecular complexity index is 513. The third kappa shape index (κ3) is 1.78. The molecule has 1 aromatic carbocycles. The highest BCUT2D eigenvalue weighted by molar-refractivity contribution is 5.83. The number of rotatable bonds is 2. The molecule has 94 valence electrons. The third-order valence-corrected chi connectivity index (χ3v) is 3.34. The van der Waals surface area contributed by atoms with Crippen molar-refractivity contribution in [3.05, 3.63) is 29.5 Å². The summed E-state index contributed by atoms with van der Waals surface area (Å²) in [5, 5.41) is 4.45. The first kappa shape index (κ1) is 11.3. The molecule has 0 saturated heterocycles. The van der Waals surface area contributed by atoms with Gasteiger partial charge >= 0.3 is 0 Å². The van der Waals surface area contributed by atoms with Crippen LogP contribution in [0.15, 0.2) is 18.2 Å². The number of fused-ring (bicyclic) bond motifs is 2. The smallest absolute Gasteiger partial charge is 0.162 e. The van der Waals surface area contributed by atoms with Crippen LogP contribution in [0.4, 0.5) is 0 Å². The van der Waals surface area contributed by atoms with E-state index in [-0.39, 0.29) is 0 Å². The van der Waals surface area contributed by atoms with Crippen molar-refractivity contribution in [2.45, 2.75) is 13.0 Å². The first-order chi connectivity index (χ1) is 8.81. The molecule has 1 N–H and O–H groups in total. The van der Waals surface area contributed by atoms with Gasteiger partial charge in [0.1, 0.15) is 0 Å². The molecule has 0 radical (unpaired) electrons. The lowest BCUT2D eigenvalue weighted by Gasteiger charge is -2.17. The van der Waals surface area contributed by atoms with Gasteiger partial charge in [-0.1, -0.05) is 0 Å². The summed E-state index contributed by atoms with van der Waals surface area (Å²) in [6, 6.07) is 6.11. The molecule has 1 aromatic heterocycles. The predicted molar refractivity (Wildman–Crippen MR) is 70.3 cm³/mol. The number of nitrogens with zero attached hydrogens (tertiary/aromatic N) is 1. The van der Waals surface area contributed by atoms with Gasteiger partial charge in [0.15, 0.2) is 11.5 Å². The van der Waals surface area contributed by atoms with Crippen LogP contribution in [-0.4, -0.2) is 25.7 Å². The highest BCUT2D eigenvalue weighted by Gasteiger charge is 2.13. The van der Waals surface area contributed by atoms with Gasteiger partial charge in [-0.05, 0) is 17.7 Å². The molecule has 2 aromatic rings. The van der Waals surface area contributed by atoms with Crippen LogP contribution in [0.25, 0.3) is 10.9 Å². The molecule has 0 fully saturated rings. The number of methoxy groups -OCH3 is 2. The normalized spacial score (nSPS) is 14.3. The van der Waals surface area contributed by atoms with Crippen LogP contribution < -0.4 is 14.8 Å². The molecule has 18 heavy (non-hydrogen) atoms. The van der Waals surface area contributed by atoms with Gasteiger partial charge in [0.2, 0.25) is 0 Å². The number of benzene rings is 1. The molecule has 0 amide bonds. The molecular weight excluding hydrogens is 228 g/mol. The van der Waals surface area contributed by atoms with Crippen molar-refractivity contribution in [1.82, 2.24) is 10.3 Å². The number of aromatic nitrogens is 1. The zero-order valence-electron chi connectivity index (χ0n) is 10.6. The summed E-state index contributed by atoms with van der Waals surface area (Å²) >= 11 is 0. The molecule has 1 aliphatic heterocycles. The van der Waals surface area contributed by atoms with Gasteiger partial charge in [-0.15, -0.1) is 0 Å². The molecule has 4 nitrogen and oxygen atoms in total. The molecule has 3 rings (SSSR count). The number of ether oxygens (including phenoxy) is 2. The summed E-state index contributed by atoms with van der Waals surface area (Å²) in [7, 11) is 3.29. The van der Waals surface area contributed by atoms with E-state index in [1.165, 1.54) is 11.3 Å². The van der Waals surface area contributed by atoms with Gasteiger partial charge in [-0.2, -0.15) is 0 Å². The first-order valence-corrected chi connectivity index (χ1v) is 6.07. The summed E-state index contributed by atoms with van der Waals surface area (Å²) in [5.74, 6) is 1.47. The van der Waals surface area contributed by atoms with Crippen LogP contribution in [0, 0.1) is 0 Å². The minimum atomic E-state index is 0.728. The second-order valence-electron chi connectivity index (χ2n) is 4.42. The maximum Gasteiger partial charge on any atom is 0.162 e. The number of nitrogens with one attached hydrogen (secondary N) is 1. The maximum atomic E-state index is 5.32. The van der Waals surface area contributed by atoms with E-state index in [1.807, 2.05) is 12.1 Å². The minimum absolute atomic E-state index is 0.728. The van der Waals surface area contributed by atoms with Crippen LogP contribution in [0.5, 0.6) is 11.5 Å². The summed E-state index contributed by atoms with van der Waals surface area (Å²) in [4.78, 5) is 4.72. The second kappa shape index (κ2) is 4.46. The largest absolute Gasteiger partial charge is 0.493 e. The average Bonchev–Trinajstić information content (AvgIpc) is 2.43. The molecule has 2 heterocycles. The Morgan fingerprint density at radius 2 is 1.89 bits per heavy atom. The standard InChI is InChI=1S/C14H16N2O2/c1-17-13-6-9-5-10-8-15-4-3-11(10)16-12(9)7-14(13)18-2/h5-7,15H,3-4,8H2,1-2H3. The molecule has 0 bridgehead atoms. The van der Waals surface area contributed by atoms with Crippen molar-refractivity contribution in [3.63, 3.8) is 0 Å². The van der Waals surface area contributed by atoms with Crippen LogP contribution in [0.2, 0.25) is 0 Å². The Morgan fingerprint density at radius 3 is 2.67 bits per heavy atom. The summed E-state index contributed by atoms with van der Waals surface area (Å²) in [6.45, 7) is 1.89. The van der Waals surface area contributed by atoms with Crippen molar-refractivity contribution in [2.24, 2.45) is 0 Å². The van der Waals surface area contributed by atoms with Gasteiger partial charge in [0, 0.05) is 36.7 Å². The van der Waals surface area contributed by atoms with E-state index >= 15 is 0 Å². The first-order valence-electron chi connectivity index (χ1n) is 6.07. The topological polar surface area (TPSA) is 43.4 Å². The zero-order chi connectivity index (χ0) is 12.5. The Kier molecular flexibility index (Phi) is 2.80. The molecule has 0 atom stereocenters. The van der Waals surface area contributed by atoms with E-state index in [0.29, 0.717) is 0 Å². The molecule has 4 heteroatoms. The van der Waals surface area contributed by atoms with Crippen LogP contribution in [-0.2, 0) is 13.0 Å². The second-order valence-corrected chi connectivity index (χ2v) is 4.42. The highest BCUT2D eigenvalue weighted by Crippen LogP contribution is 2.32. The van der Waals surface area contributed by atoms with E-state index in [9.17, 15) is 0 Å². The van der Waals surface area contributed by atoms with Crippen LogP contribution in [0.1, 0.15) is 11.3 Å². The third-order valence-electron chi connectivity index (χ3n) is 3.34. The summed E-state index contributed by atoms with van der Waals surface area (Å²) in [6.07, 6.45) is 0.986. The maximum absolute atomic E-state index is 5.32. The van der Waals surface area contributed by atoms with Crippen LogP contribution >= 0.6 is 0 Å². The number of pyridine rings is 1. The van der Waals surface area contributed by atoms with E-state index in [2.05, 4.69) is 11.4 Å². The molecule has 0 saturated carbocycles. The molecule has 0 aliphatic carbocycles. The minimum Gasteiger partial charge on any atom is -0.493 e. The predicted octanol–water partition coefficient (Wildman–Crippen LogP) is 1.90. The fourth-order valence-electron chi connectivity index (χ4n) is 2.38. The lowest BCUT2D eigenvalue weighted by molar-refractivity contribution is 0.356. The Morgan fingerprint density at radius 1 is 1.11 bits per heavy atom. The quantitative estimate of drug-likeness (QED) is 0.876. The lowest BCUT2D eigenvalue weighted by Crippen LogP contribution is -2.24. The Labute approximate surface area is 106 Å². The average molecular weight is 244 g/mol. The van der Waals surface area contributed by atoms with Gasteiger partial charge in [0.25, 0.3) is 0 Å². The van der Waals surface area contributed by atoms with Gasteiger partial charge < -0.3 is 14.8 Å². The van der Waals surface area contributed by atoms with Gasteiger partial charge in [-0.25, -0.2) is 0 Å². The van der Waals surface area contributed by atoms with E-state index in [4.69, 9.17) is 14.5 Å². The van der Waals surface area contributed by atoms with Crippen molar-refractivity contribution >= 4 is 10.9 Å². The van der Waals surface area contributed by atoms with Gasteiger partial charge in [0.05, 0.1) is 19.7 Å². The fraction of sp³-hybridized carbons (Fsp3) is 0.357. The van der Waals surface area contributed by atoms with Crippen molar-refractivity contribution in [1.29, 1.82) is 0 Å². The van der Waals surface area contributed by atoms with E-state index in [0.717, 1.165) is 41.9 Å². The lowest BCUT2D eigenvalue weighted by atomic mass is 10.0. The SMILES string of the molecule is COc1cc2cc3c(nc2cc1OC)CCNC3. The monoisotopic (exact) mass is 244 g/mol. The summed E-state index contributed by atoms with van der Waals surface area (Å²) in [5.41, 5.74) is 3.43. The zero-order valence-corrected chi connectivity index (χ0v) is 10.6. The van der Waals surface area contributed by atoms with E-state index in [1.54, 1.807) is 14.2 Å². The summed E-state index contributed by atoms with van der Waals surface area (Å²) < 4.78 is 10.6. The fourth-order valence-corrected chi connectivity index (χ4v) is 2.38.